The fourth-order valence-corrected chi connectivity index (χ4v) is 3.41. The second-order valence-electron chi connectivity index (χ2n) is 5.40. The fraction of sp³-hybridized carbons (Fsp3) is 0.312. The van der Waals surface area contributed by atoms with Crippen molar-refractivity contribution in [3.63, 3.8) is 0 Å². The quantitative estimate of drug-likeness (QED) is 0.927. The van der Waals surface area contributed by atoms with Crippen LogP contribution in [0.5, 0.6) is 0 Å². The molecule has 0 aliphatic carbocycles. The number of nitrogens with zero attached hydrogens (tertiary/aromatic N) is 3. The standard InChI is InChI=1S/C16H18N4O2S/c17-15(21)13-10-18-4-2-14(13)19-5-1-6-20(8-7-19)16(22)12-3-9-23-11-12/h2-4,9-11H,1,5-8H2,(H2,17,21). The van der Waals surface area contributed by atoms with Gasteiger partial charge in [-0.15, -0.1) is 0 Å². The van der Waals surface area contributed by atoms with Gasteiger partial charge in [0.2, 0.25) is 0 Å². The van der Waals surface area contributed by atoms with E-state index in [9.17, 15) is 9.59 Å². The van der Waals surface area contributed by atoms with Crippen LogP contribution in [0.4, 0.5) is 5.69 Å². The summed E-state index contributed by atoms with van der Waals surface area (Å²) in [4.78, 5) is 32.0. The average molecular weight is 330 g/mol. The molecule has 120 valence electrons. The predicted molar refractivity (Wildman–Crippen MR) is 89.8 cm³/mol. The Morgan fingerprint density at radius 1 is 1.17 bits per heavy atom. The summed E-state index contributed by atoms with van der Waals surface area (Å²) in [6, 6.07) is 3.65. The average Bonchev–Trinajstić information content (AvgIpc) is 2.99. The lowest BCUT2D eigenvalue weighted by Gasteiger charge is -2.25. The van der Waals surface area contributed by atoms with E-state index in [1.165, 1.54) is 17.5 Å². The van der Waals surface area contributed by atoms with Crippen molar-refractivity contribution in [1.29, 1.82) is 0 Å². The maximum Gasteiger partial charge on any atom is 0.254 e. The maximum atomic E-state index is 12.5. The van der Waals surface area contributed by atoms with Crippen LogP contribution in [0.15, 0.2) is 35.3 Å². The van der Waals surface area contributed by atoms with Crippen LogP contribution in [0.2, 0.25) is 0 Å². The van der Waals surface area contributed by atoms with E-state index < -0.39 is 5.91 Å². The van der Waals surface area contributed by atoms with E-state index in [0.29, 0.717) is 25.2 Å². The minimum Gasteiger partial charge on any atom is -0.369 e. The van der Waals surface area contributed by atoms with Crippen LogP contribution in [0, 0.1) is 0 Å². The number of primary amides is 1. The van der Waals surface area contributed by atoms with Crippen LogP contribution in [-0.2, 0) is 0 Å². The normalized spacial score (nSPS) is 15.3. The van der Waals surface area contributed by atoms with Crippen LogP contribution in [0.3, 0.4) is 0 Å². The SMILES string of the molecule is NC(=O)c1cnccc1N1CCCN(C(=O)c2ccsc2)CC1. The number of nitrogens with two attached hydrogens (primary N) is 1. The monoisotopic (exact) mass is 330 g/mol. The predicted octanol–water partition coefficient (Wildman–Crippen LogP) is 1.59. The van der Waals surface area contributed by atoms with E-state index in [1.807, 2.05) is 21.7 Å². The van der Waals surface area contributed by atoms with Gasteiger partial charge in [0.1, 0.15) is 0 Å². The first-order valence-electron chi connectivity index (χ1n) is 7.47. The van der Waals surface area contributed by atoms with Gasteiger partial charge in [-0.05, 0) is 23.9 Å². The molecule has 0 bridgehead atoms. The number of anilines is 1. The number of hydrogen-bond acceptors (Lipinski definition) is 5. The van der Waals surface area contributed by atoms with Crippen molar-refractivity contribution in [2.24, 2.45) is 5.73 Å². The highest BCUT2D eigenvalue weighted by molar-refractivity contribution is 7.08. The second-order valence-corrected chi connectivity index (χ2v) is 6.18. The first-order chi connectivity index (χ1) is 11.2. The van der Waals surface area contributed by atoms with Crippen molar-refractivity contribution in [2.75, 3.05) is 31.1 Å². The van der Waals surface area contributed by atoms with Crippen LogP contribution in [-0.4, -0.2) is 47.9 Å². The summed E-state index contributed by atoms with van der Waals surface area (Å²) in [5.74, 6) is -0.415. The number of pyridine rings is 1. The zero-order chi connectivity index (χ0) is 16.2. The number of thiophene rings is 1. The molecule has 2 aromatic rings. The summed E-state index contributed by atoms with van der Waals surface area (Å²) < 4.78 is 0. The molecule has 0 radical (unpaired) electrons. The van der Waals surface area contributed by atoms with E-state index in [0.717, 1.165) is 24.2 Å². The van der Waals surface area contributed by atoms with Gasteiger partial charge in [-0.2, -0.15) is 11.3 Å². The minimum atomic E-state index is -0.483. The number of carbonyl (C=O) groups is 2. The molecular formula is C16H18N4O2S. The van der Waals surface area contributed by atoms with Crippen molar-refractivity contribution >= 4 is 28.8 Å². The molecular weight excluding hydrogens is 312 g/mol. The summed E-state index contributed by atoms with van der Waals surface area (Å²) in [7, 11) is 0. The zero-order valence-corrected chi connectivity index (χ0v) is 13.5. The van der Waals surface area contributed by atoms with Crippen molar-refractivity contribution in [3.8, 4) is 0 Å². The highest BCUT2D eigenvalue weighted by Crippen LogP contribution is 2.21. The lowest BCUT2D eigenvalue weighted by atomic mass is 10.2. The molecule has 0 saturated carbocycles. The number of amides is 2. The third-order valence-corrected chi connectivity index (χ3v) is 4.64. The first kappa shape index (κ1) is 15.5. The summed E-state index contributed by atoms with van der Waals surface area (Å²) in [6.07, 6.45) is 3.99. The van der Waals surface area contributed by atoms with Gasteiger partial charge in [-0.1, -0.05) is 0 Å². The largest absolute Gasteiger partial charge is 0.369 e. The number of carbonyl (C=O) groups excluding carboxylic acids is 2. The van der Waals surface area contributed by atoms with Gasteiger partial charge in [-0.3, -0.25) is 14.6 Å². The van der Waals surface area contributed by atoms with Gasteiger partial charge < -0.3 is 15.5 Å². The molecule has 1 aliphatic rings. The second kappa shape index (κ2) is 6.78. The van der Waals surface area contributed by atoms with Crippen molar-refractivity contribution < 1.29 is 9.59 Å². The van der Waals surface area contributed by atoms with Crippen LogP contribution < -0.4 is 10.6 Å². The molecule has 1 aliphatic heterocycles. The Labute approximate surface area is 138 Å². The van der Waals surface area contributed by atoms with Crippen LogP contribution in [0.1, 0.15) is 27.1 Å². The Bertz CT molecular complexity index is 702. The first-order valence-corrected chi connectivity index (χ1v) is 8.41. The maximum absolute atomic E-state index is 12.5. The molecule has 3 rings (SSSR count). The van der Waals surface area contributed by atoms with Gasteiger partial charge >= 0.3 is 0 Å². The van der Waals surface area contributed by atoms with Gasteiger partial charge in [0.25, 0.3) is 11.8 Å². The van der Waals surface area contributed by atoms with E-state index in [2.05, 4.69) is 9.88 Å². The van der Waals surface area contributed by atoms with Gasteiger partial charge in [-0.25, -0.2) is 0 Å². The van der Waals surface area contributed by atoms with Crippen LogP contribution >= 0.6 is 11.3 Å². The van der Waals surface area contributed by atoms with Gasteiger partial charge in [0.05, 0.1) is 16.8 Å². The van der Waals surface area contributed by atoms with Gasteiger partial charge in [0, 0.05) is 44.0 Å². The Hall–Kier alpha value is -2.41. The molecule has 0 spiro atoms. The summed E-state index contributed by atoms with van der Waals surface area (Å²) in [5.41, 5.74) is 7.38. The van der Waals surface area contributed by atoms with Crippen molar-refractivity contribution in [1.82, 2.24) is 9.88 Å². The zero-order valence-electron chi connectivity index (χ0n) is 12.6. The topological polar surface area (TPSA) is 79.5 Å². The smallest absolute Gasteiger partial charge is 0.254 e. The molecule has 2 N–H and O–H groups in total. The fourth-order valence-electron chi connectivity index (χ4n) is 2.78. The third-order valence-electron chi connectivity index (χ3n) is 3.96. The molecule has 3 heterocycles. The van der Waals surface area contributed by atoms with E-state index in [4.69, 9.17) is 5.73 Å². The highest BCUT2D eigenvalue weighted by Gasteiger charge is 2.22. The minimum absolute atomic E-state index is 0.0675. The number of hydrogen-bond donors (Lipinski definition) is 1. The highest BCUT2D eigenvalue weighted by atomic mass is 32.1. The van der Waals surface area contributed by atoms with E-state index in [-0.39, 0.29) is 5.91 Å². The lowest BCUT2D eigenvalue weighted by molar-refractivity contribution is 0.0767. The molecule has 2 aromatic heterocycles. The van der Waals surface area contributed by atoms with Crippen molar-refractivity contribution in [3.05, 3.63) is 46.4 Å². The molecule has 23 heavy (non-hydrogen) atoms. The third kappa shape index (κ3) is 3.34. The van der Waals surface area contributed by atoms with E-state index >= 15 is 0 Å². The molecule has 1 fully saturated rings. The summed E-state index contributed by atoms with van der Waals surface area (Å²) >= 11 is 1.52. The molecule has 0 atom stereocenters. The van der Waals surface area contributed by atoms with Crippen molar-refractivity contribution in [2.45, 2.75) is 6.42 Å². The summed E-state index contributed by atoms with van der Waals surface area (Å²) in [5, 5.41) is 3.78. The number of rotatable bonds is 3. The number of aromatic nitrogens is 1. The Morgan fingerprint density at radius 3 is 2.78 bits per heavy atom. The van der Waals surface area contributed by atoms with E-state index in [1.54, 1.807) is 12.3 Å². The molecule has 0 aromatic carbocycles. The lowest BCUT2D eigenvalue weighted by Crippen LogP contribution is -2.35. The molecule has 6 nitrogen and oxygen atoms in total. The Kier molecular flexibility index (Phi) is 4.57. The molecule has 7 heteroatoms. The Balaban J connectivity index is 1.74. The van der Waals surface area contributed by atoms with Crippen LogP contribution in [0.25, 0.3) is 0 Å². The Morgan fingerprint density at radius 2 is 2.04 bits per heavy atom. The molecule has 1 saturated heterocycles. The van der Waals surface area contributed by atoms with Gasteiger partial charge in [0.15, 0.2) is 0 Å². The molecule has 2 amide bonds. The summed E-state index contributed by atoms with van der Waals surface area (Å²) in [6.45, 7) is 2.77. The molecule has 0 unspecified atom stereocenters.